The quantitative estimate of drug-likeness (QED) is 0.894. The van der Waals surface area contributed by atoms with Crippen molar-refractivity contribution in [1.82, 2.24) is 20.3 Å². The topological polar surface area (TPSA) is 50.7 Å². The molecule has 0 aromatic carbocycles. The summed E-state index contributed by atoms with van der Waals surface area (Å²) < 4.78 is 0. The van der Waals surface area contributed by atoms with Gasteiger partial charge in [0.05, 0.1) is 0 Å². The van der Waals surface area contributed by atoms with Crippen LogP contribution in [0.1, 0.15) is 35.7 Å². The first-order valence-electron chi connectivity index (χ1n) is 6.74. The lowest BCUT2D eigenvalue weighted by molar-refractivity contribution is 0.487. The third-order valence-electron chi connectivity index (χ3n) is 3.67. The normalized spacial score (nSPS) is 18.1. The van der Waals surface area contributed by atoms with Gasteiger partial charge in [-0.05, 0) is 44.9 Å². The largest absolute Gasteiger partial charge is 0.313 e. The van der Waals surface area contributed by atoms with E-state index < -0.39 is 0 Å². The fraction of sp³-hybridized carbons (Fsp3) is 0.400. The molecule has 0 saturated carbocycles. The highest BCUT2D eigenvalue weighted by atomic mass is 14.9. The summed E-state index contributed by atoms with van der Waals surface area (Å²) in [6, 6.07) is 4.42. The first-order chi connectivity index (χ1) is 9.28. The van der Waals surface area contributed by atoms with Crippen LogP contribution >= 0.6 is 0 Å². The number of pyridine rings is 1. The second-order valence-electron chi connectivity index (χ2n) is 5.05. The smallest absolute Gasteiger partial charge is 0.178 e. The maximum absolute atomic E-state index is 4.70. The van der Waals surface area contributed by atoms with E-state index in [0.717, 1.165) is 35.6 Å². The van der Waals surface area contributed by atoms with Crippen molar-refractivity contribution >= 4 is 0 Å². The van der Waals surface area contributed by atoms with Gasteiger partial charge in [-0.1, -0.05) is 6.07 Å². The van der Waals surface area contributed by atoms with E-state index in [-0.39, 0.29) is 0 Å². The summed E-state index contributed by atoms with van der Waals surface area (Å²) in [4.78, 5) is 13.6. The summed E-state index contributed by atoms with van der Waals surface area (Å²) in [5.41, 5.74) is 4.40. The molecule has 2 aromatic rings. The molecule has 0 fully saturated rings. The molecule has 0 spiro atoms. The minimum Gasteiger partial charge on any atom is -0.313 e. The number of rotatable bonds is 2. The number of aryl methyl sites for hydroxylation is 2. The lowest BCUT2D eigenvalue weighted by Gasteiger charge is -2.24. The van der Waals surface area contributed by atoms with Gasteiger partial charge in [0.1, 0.15) is 5.69 Å². The van der Waals surface area contributed by atoms with Crippen molar-refractivity contribution in [2.24, 2.45) is 0 Å². The Labute approximate surface area is 113 Å². The van der Waals surface area contributed by atoms with Crippen molar-refractivity contribution in [3.63, 3.8) is 0 Å². The summed E-state index contributed by atoms with van der Waals surface area (Å²) in [7, 11) is 2.00. The van der Waals surface area contributed by atoms with Gasteiger partial charge < -0.3 is 5.32 Å². The third kappa shape index (κ3) is 2.36. The molecule has 0 radical (unpaired) electrons. The molecule has 1 unspecified atom stereocenters. The molecule has 1 atom stereocenters. The fourth-order valence-electron chi connectivity index (χ4n) is 2.57. The van der Waals surface area contributed by atoms with E-state index in [4.69, 9.17) is 4.98 Å². The standard InChI is InChI=1S/C15H18N4/c1-10-6-7-14(17-8-10)15-18-9-11-12(16-2)4-3-5-13(11)19-15/h6-9,12,16H,3-5H2,1-2H3. The SMILES string of the molecule is CNC1CCCc2nc(-c3ccc(C)cn3)ncc21. The number of fused-ring (bicyclic) bond motifs is 1. The van der Waals surface area contributed by atoms with Gasteiger partial charge in [-0.3, -0.25) is 4.98 Å². The third-order valence-corrected chi connectivity index (χ3v) is 3.67. The molecule has 4 nitrogen and oxygen atoms in total. The van der Waals surface area contributed by atoms with E-state index in [1.54, 1.807) is 0 Å². The Balaban J connectivity index is 1.99. The van der Waals surface area contributed by atoms with E-state index in [1.807, 2.05) is 38.5 Å². The molecule has 19 heavy (non-hydrogen) atoms. The van der Waals surface area contributed by atoms with Gasteiger partial charge >= 0.3 is 0 Å². The Hall–Kier alpha value is -1.81. The minimum absolute atomic E-state index is 0.392. The Kier molecular flexibility index (Phi) is 3.25. The van der Waals surface area contributed by atoms with Crippen LogP contribution in [-0.2, 0) is 6.42 Å². The maximum atomic E-state index is 4.70. The van der Waals surface area contributed by atoms with Crippen molar-refractivity contribution in [3.05, 3.63) is 41.3 Å². The summed E-state index contributed by atoms with van der Waals surface area (Å²) in [5.74, 6) is 0.732. The van der Waals surface area contributed by atoms with E-state index in [0.29, 0.717) is 6.04 Å². The molecule has 98 valence electrons. The van der Waals surface area contributed by atoms with Crippen molar-refractivity contribution in [2.75, 3.05) is 7.05 Å². The van der Waals surface area contributed by atoms with Crippen LogP contribution in [0, 0.1) is 6.92 Å². The highest BCUT2D eigenvalue weighted by molar-refractivity contribution is 5.50. The van der Waals surface area contributed by atoms with Gasteiger partial charge in [0.25, 0.3) is 0 Å². The highest BCUT2D eigenvalue weighted by Crippen LogP contribution is 2.28. The molecule has 3 rings (SSSR count). The Morgan fingerprint density at radius 1 is 1.21 bits per heavy atom. The fourth-order valence-corrected chi connectivity index (χ4v) is 2.57. The molecule has 2 heterocycles. The molecule has 0 aliphatic heterocycles. The lowest BCUT2D eigenvalue weighted by Crippen LogP contribution is -2.22. The average Bonchev–Trinajstić information content (AvgIpc) is 2.47. The first kappa shape index (κ1) is 12.2. The first-order valence-corrected chi connectivity index (χ1v) is 6.74. The van der Waals surface area contributed by atoms with Crippen LogP contribution in [0.3, 0.4) is 0 Å². The van der Waals surface area contributed by atoms with Crippen LogP contribution in [-0.4, -0.2) is 22.0 Å². The number of nitrogens with zero attached hydrogens (tertiary/aromatic N) is 3. The molecule has 2 aromatic heterocycles. The van der Waals surface area contributed by atoms with Gasteiger partial charge in [0, 0.05) is 29.7 Å². The molecular formula is C15H18N4. The van der Waals surface area contributed by atoms with Crippen molar-refractivity contribution in [1.29, 1.82) is 0 Å². The number of hydrogen-bond donors (Lipinski definition) is 1. The zero-order valence-electron chi connectivity index (χ0n) is 11.3. The van der Waals surface area contributed by atoms with E-state index >= 15 is 0 Å². The summed E-state index contributed by atoms with van der Waals surface area (Å²) in [6.45, 7) is 2.03. The van der Waals surface area contributed by atoms with Gasteiger partial charge in [-0.25, -0.2) is 9.97 Å². The molecule has 0 saturated heterocycles. The van der Waals surface area contributed by atoms with Gasteiger partial charge in [0.2, 0.25) is 0 Å². The Morgan fingerprint density at radius 2 is 2.11 bits per heavy atom. The van der Waals surface area contributed by atoms with Crippen LogP contribution in [0.5, 0.6) is 0 Å². The molecule has 1 N–H and O–H groups in total. The zero-order chi connectivity index (χ0) is 13.2. The van der Waals surface area contributed by atoms with Gasteiger partial charge in [-0.15, -0.1) is 0 Å². The van der Waals surface area contributed by atoms with Crippen LogP contribution < -0.4 is 5.32 Å². The summed E-state index contributed by atoms with van der Waals surface area (Å²) >= 11 is 0. The number of nitrogens with one attached hydrogen (secondary N) is 1. The monoisotopic (exact) mass is 254 g/mol. The summed E-state index contributed by atoms with van der Waals surface area (Å²) in [5, 5.41) is 3.33. The predicted molar refractivity (Wildman–Crippen MR) is 74.7 cm³/mol. The lowest BCUT2D eigenvalue weighted by atomic mass is 9.92. The van der Waals surface area contributed by atoms with E-state index in [9.17, 15) is 0 Å². The van der Waals surface area contributed by atoms with E-state index in [1.165, 1.54) is 12.0 Å². The zero-order valence-corrected chi connectivity index (χ0v) is 11.3. The van der Waals surface area contributed by atoms with Crippen LogP contribution in [0.4, 0.5) is 0 Å². The Bertz CT molecular complexity index is 577. The molecule has 0 bridgehead atoms. The van der Waals surface area contributed by atoms with Crippen LogP contribution in [0.15, 0.2) is 24.5 Å². The van der Waals surface area contributed by atoms with Gasteiger partial charge in [0.15, 0.2) is 5.82 Å². The molecule has 0 amide bonds. The molecule has 1 aliphatic rings. The van der Waals surface area contributed by atoms with Crippen LogP contribution in [0.25, 0.3) is 11.5 Å². The van der Waals surface area contributed by atoms with Crippen molar-refractivity contribution < 1.29 is 0 Å². The maximum Gasteiger partial charge on any atom is 0.178 e. The van der Waals surface area contributed by atoms with E-state index in [2.05, 4.69) is 15.3 Å². The molecule has 4 heteroatoms. The van der Waals surface area contributed by atoms with Crippen molar-refractivity contribution in [2.45, 2.75) is 32.2 Å². The predicted octanol–water partition coefficient (Wildman–Crippen LogP) is 2.44. The summed E-state index contributed by atoms with van der Waals surface area (Å²) in [6.07, 6.45) is 7.19. The second-order valence-corrected chi connectivity index (χ2v) is 5.05. The number of aromatic nitrogens is 3. The molecular weight excluding hydrogens is 236 g/mol. The Morgan fingerprint density at radius 3 is 2.84 bits per heavy atom. The van der Waals surface area contributed by atoms with Crippen molar-refractivity contribution in [3.8, 4) is 11.5 Å². The average molecular weight is 254 g/mol. The number of hydrogen-bond acceptors (Lipinski definition) is 4. The highest BCUT2D eigenvalue weighted by Gasteiger charge is 2.21. The molecule has 1 aliphatic carbocycles. The minimum atomic E-state index is 0.392. The van der Waals surface area contributed by atoms with Crippen LogP contribution in [0.2, 0.25) is 0 Å². The van der Waals surface area contributed by atoms with Gasteiger partial charge in [-0.2, -0.15) is 0 Å². The second kappa shape index (κ2) is 5.05.